The minimum Gasteiger partial charge on any atom is -0.504 e. The van der Waals surface area contributed by atoms with Crippen LogP contribution in [0.25, 0.3) is 22.7 Å². The van der Waals surface area contributed by atoms with Crippen molar-refractivity contribution >= 4 is 34.5 Å². The number of hydrogen-bond acceptors (Lipinski definition) is 9. The molecule has 1 aromatic heterocycles. The molecule has 1 amide bonds. The second kappa shape index (κ2) is 8.81. The van der Waals surface area contributed by atoms with Crippen LogP contribution in [0.4, 0.5) is 10.5 Å². The number of aromatic hydroxyl groups is 1. The monoisotopic (exact) mass is 504 g/mol. The standard InChI is InChI=1S/C27H28N4O6/c1-27(2,3)37-26(33)31-10-8-30(9-11-31)14-18-24-17(12-22-25(18)35-15-34-22)23(32)21(36-24)13-20-16-6-4-5-7-19(16)28-29-20/h4-7,12-13,32H,8-11,14-15H2,1-3H3. The van der Waals surface area contributed by atoms with Gasteiger partial charge in [0.2, 0.25) is 6.79 Å². The molecule has 37 heavy (non-hydrogen) atoms. The van der Waals surface area contributed by atoms with Crippen molar-refractivity contribution in [1.29, 1.82) is 0 Å². The highest BCUT2D eigenvalue weighted by molar-refractivity contribution is 5.96. The van der Waals surface area contributed by atoms with Crippen LogP contribution >= 0.6 is 0 Å². The molecule has 3 aromatic rings. The number of fused-ring (bicyclic) bond motifs is 3. The molecule has 0 unspecified atom stereocenters. The summed E-state index contributed by atoms with van der Waals surface area (Å²) in [4.78, 5) is 16.4. The van der Waals surface area contributed by atoms with Crippen molar-refractivity contribution in [2.75, 3.05) is 33.0 Å². The molecular formula is C27H28N4O6. The number of furan rings is 1. The third-order valence-corrected chi connectivity index (χ3v) is 6.53. The first-order valence-electron chi connectivity index (χ1n) is 12.3. The number of piperazine rings is 1. The molecule has 10 heteroatoms. The van der Waals surface area contributed by atoms with E-state index < -0.39 is 5.60 Å². The molecule has 4 heterocycles. The fraction of sp³-hybridized carbons (Fsp3) is 0.370. The summed E-state index contributed by atoms with van der Waals surface area (Å²) in [6.45, 7) is 8.63. The average molecular weight is 505 g/mol. The summed E-state index contributed by atoms with van der Waals surface area (Å²) >= 11 is 0. The van der Waals surface area contributed by atoms with Gasteiger partial charge in [-0.15, -0.1) is 10.2 Å². The quantitative estimate of drug-likeness (QED) is 0.500. The van der Waals surface area contributed by atoms with E-state index >= 15 is 0 Å². The summed E-state index contributed by atoms with van der Waals surface area (Å²) in [7, 11) is 0. The zero-order valence-electron chi connectivity index (χ0n) is 21.0. The summed E-state index contributed by atoms with van der Waals surface area (Å²) in [6, 6.07) is 9.38. The fourth-order valence-electron chi connectivity index (χ4n) is 4.73. The van der Waals surface area contributed by atoms with Crippen LogP contribution in [0.5, 0.6) is 17.2 Å². The van der Waals surface area contributed by atoms with Gasteiger partial charge >= 0.3 is 6.09 Å². The number of carbonyl (C=O) groups is 1. The number of hydrogen-bond donors (Lipinski definition) is 1. The number of ether oxygens (including phenoxy) is 3. The topological polar surface area (TPSA) is 109 Å². The van der Waals surface area contributed by atoms with Crippen molar-refractivity contribution in [1.82, 2.24) is 9.80 Å². The Morgan fingerprint density at radius 2 is 1.92 bits per heavy atom. The Morgan fingerprint density at radius 3 is 2.70 bits per heavy atom. The first-order valence-corrected chi connectivity index (χ1v) is 12.3. The molecular weight excluding hydrogens is 476 g/mol. The van der Waals surface area contributed by atoms with Crippen LogP contribution in [-0.2, 0) is 11.3 Å². The van der Waals surface area contributed by atoms with Gasteiger partial charge in [0.05, 0.1) is 22.3 Å². The predicted octanol–water partition coefficient (Wildman–Crippen LogP) is 5.52. The molecule has 0 bridgehead atoms. The molecule has 3 aliphatic rings. The third kappa shape index (κ3) is 4.37. The number of amides is 1. The van der Waals surface area contributed by atoms with Crippen molar-refractivity contribution in [3.8, 4) is 17.2 Å². The smallest absolute Gasteiger partial charge is 0.410 e. The van der Waals surface area contributed by atoms with Gasteiger partial charge in [-0.3, -0.25) is 4.90 Å². The molecule has 192 valence electrons. The zero-order valence-corrected chi connectivity index (χ0v) is 21.0. The number of nitrogens with zero attached hydrogens (tertiary/aromatic N) is 4. The van der Waals surface area contributed by atoms with Gasteiger partial charge in [0.1, 0.15) is 11.2 Å². The first-order chi connectivity index (χ1) is 17.8. The fourth-order valence-corrected chi connectivity index (χ4v) is 4.73. The van der Waals surface area contributed by atoms with E-state index in [0.717, 1.165) is 16.8 Å². The summed E-state index contributed by atoms with van der Waals surface area (Å²) in [5.74, 6) is 1.48. The Morgan fingerprint density at radius 1 is 1.14 bits per heavy atom. The van der Waals surface area contributed by atoms with Gasteiger partial charge in [0.15, 0.2) is 23.0 Å². The van der Waals surface area contributed by atoms with Crippen molar-refractivity contribution in [2.24, 2.45) is 10.2 Å². The number of rotatable bonds is 3. The second-order valence-corrected chi connectivity index (χ2v) is 10.3. The largest absolute Gasteiger partial charge is 0.504 e. The molecule has 0 spiro atoms. The highest BCUT2D eigenvalue weighted by Crippen LogP contribution is 2.47. The summed E-state index contributed by atoms with van der Waals surface area (Å²) in [5, 5.41) is 20.1. The maximum Gasteiger partial charge on any atom is 0.410 e. The van der Waals surface area contributed by atoms with E-state index in [4.69, 9.17) is 18.6 Å². The molecule has 0 saturated carbocycles. The van der Waals surface area contributed by atoms with Crippen LogP contribution < -0.4 is 9.47 Å². The van der Waals surface area contributed by atoms with Crippen molar-refractivity contribution in [2.45, 2.75) is 32.9 Å². The lowest BCUT2D eigenvalue weighted by atomic mass is 10.1. The van der Waals surface area contributed by atoms with E-state index in [1.165, 1.54) is 0 Å². The van der Waals surface area contributed by atoms with Crippen LogP contribution in [0, 0.1) is 0 Å². The van der Waals surface area contributed by atoms with Gasteiger partial charge in [0, 0.05) is 44.4 Å². The van der Waals surface area contributed by atoms with E-state index in [-0.39, 0.29) is 18.6 Å². The van der Waals surface area contributed by atoms with Gasteiger partial charge in [-0.1, -0.05) is 18.2 Å². The third-order valence-electron chi connectivity index (χ3n) is 6.53. The number of carbonyl (C=O) groups excluding carboxylic acids is 1. The lowest BCUT2D eigenvalue weighted by Crippen LogP contribution is -2.49. The SMILES string of the molecule is CC(C)(C)OC(=O)N1CCN(Cc2c3c(cc4c(O)c(C=C5N=Nc6ccccc65)oc24)OCO3)CC1. The van der Waals surface area contributed by atoms with E-state index in [1.807, 2.05) is 45.0 Å². The van der Waals surface area contributed by atoms with E-state index in [9.17, 15) is 9.90 Å². The van der Waals surface area contributed by atoms with Gasteiger partial charge in [-0.2, -0.15) is 0 Å². The molecule has 0 aliphatic carbocycles. The molecule has 6 rings (SSSR count). The Kier molecular flexibility index (Phi) is 5.56. The minimum atomic E-state index is -0.530. The summed E-state index contributed by atoms with van der Waals surface area (Å²) in [6.07, 6.45) is 1.40. The number of azo groups is 1. The number of benzene rings is 2. The van der Waals surface area contributed by atoms with Crippen LogP contribution in [-0.4, -0.2) is 59.6 Å². The molecule has 3 aliphatic heterocycles. The lowest BCUT2D eigenvalue weighted by molar-refractivity contribution is 0.0138. The van der Waals surface area contributed by atoms with Crippen LogP contribution in [0.15, 0.2) is 45.0 Å². The highest BCUT2D eigenvalue weighted by Gasteiger charge is 2.30. The zero-order chi connectivity index (χ0) is 25.7. The Bertz CT molecular complexity index is 1440. The van der Waals surface area contributed by atoms with Crippen molar-refractivity contribution in [3.63, 3.8) is 0 Å². The minimum absolute atomic E-state index is 0.0105. The molecule has 1 saturated heterocycles. The Balaban J connectivity index is 1.28. The lowest BCUT2D eigenvalue weighted by Gasteiger charge is -2.35. The molecule has 2 aromatic carbocycles. The van der Waals surface area contributed by atoms with Gasteiger partial charge in [-0.05, 0) is 32.9 Å². The second-order valence-electron chi connectivity index (χ2n) is 10.3. The molecule has 10 nitrogen and oxygen atoms in total. The first kappa shape index (κ1) is 23.4. The summed E-state index contributed by atoms with van der Waals surface area (Å²) in [5.41, 5.74) is 3.06. The van der Waals surface area contributed by atoms with Gasteiger partial charge < -0.3 is 28.6 Å². The van der Waals surface area contributed by atoms with Gasteiger partial charge in [-0.25, -0.2) is 4.79 Å². The van der Waals surface area contributed by atoms with Gasteiger partial charge in [0.25, 0.3) is 0 Å². The van der Waals surface area contributed by atoms with Crippen molar-refractivity contribution in [3.05, 3.63) is 47.2 Å². The van der Waals surface area contributed by atoms with Crippen LogP contribution in [0.2, 0.25) is 0 Å². The van der Waals surface area contributed by atoms with Crippen molar-refractivity contribution < 1.29 is 28.5 Å². The Labute approximate surface area is 213 Å². The molecule has 0 radical (unpaired) electrons. The van der Waals surface area contributed by atoms with E-state index in [2.05, 4.69) is 15.1 Å². The van der Waals surface area contributed by atoms with E-state index in [1.54, 1.807) is 17.0 Å². The highest BCUT2D eigenvalue weighted by atomic mass is 16.7. The normalized spacial score (nSPS) is 18.1. The maximum atomic E-state index is 12.5. The van der Waals surface area contributed by atoms with E-state index in [0.29, 0.717) is 66.6 Å². The van der Waals surface area contributed by atoms with Crippen LogP contribution in [0.1, 0.15) is 37.7 Å². The molecule has 1 N–H and O–H groups in total. The predicted molar refractivity (Wildman–Crippen MR) is 136 cm³/mol. The summed E-state index contributed by atoms with van der Waals surface area (Å²) < 4.78 is 23.2. The molecule has 0 atom stereocenters. The average Bonchev–Trinajstić information content (AvgIpc) is 3.57. The Hall–Kier alpha value is -4.05. The molecule has 1 fully saturated rings. The van der Waals surface area contributed by atoms with Crippen LogP contribution in [0.3, 0.4) is 0 Å². The maximum absolute atomic E-state index is 12.5.